The lowest BCUT2D eigenvalue weighted by molar-refractivity contribution is -0.116. The van der Waals surface area contributed by atoms with Gasteiger partial charge in [-0.25, -0.2) is 14.8 Å². The summed E-state index contributed by atoms with van der Waals surface area (Å²) in [7, 11) is 1.28. The summed E-state index contributed by atoms with van der Waals surface area (Å²) in [4.78, 5) is 34.0. The Labute approximate surface area is 155 Å². The van der Waals surface area contributed by atoms with Crippen LogP contribution < -0.4 is 4.90 Å². The van der Waals surface area contributed by atoms with E-state index in [-0.39, 0.29) is 18.1 Å². The van der Waals surface area contributed by atoms with Crippen LogP contribution in [0.15, 0.2) is 48.7 Å². The zero-order chi connectivity index (χ0) is 18.7. The van der Waals surface area contributed by atoms with Gasteiger partial charge in [0.1, 0.15) is 5.15 Å². The van der Waals surface area contributed by atoms with Gasteiger partial charge in [-0.15, -0.1) is 0 Å². The number of anilines is 1. The van der Waals surface area contributed by atoms with Crippen LogP contribution in [0.25, 0.3) is 10.9 Å². The van der Waals surface area contributed by atoms with Crippen molar-refractivity contribution in [1.82, 2.24) is 9.97 Å². The van der Waals surface area contributed by atoms with Gasteiger partial charge in [-0.3, -0.25) is 4.79 Å². The Kier molecular flexibility index (Phi) is 5.14. The fourth-order valence-corrected chi connectivity index (χ4v) is 2.81. The van der Waals surface area contributed by atoms with Crippen LogP contribution in [0, 0.1) is 0 Å². The van der Waals surface area contributed by atoms with Gasteiger partial charge in [-0.2, -0.15) is 0 Å². The smallest absolute Gasteiger partial charge is 0.358 e. The molecule has 0 aliphatic heterocycles. The number of halogens is 1. The van der Waals surface area contributed by atoms with Crippen LogP contribution in [0.5, 0.6) is 0 Å². The second-order valence-corrected chi connectivity index (χ2v) is 6.02. The second kappa shape index (κ2) is 7.49. The van der Waals surface area contributed by atoms with E-state index in [0.717, 1.165) is 16.5 Å². The largest absolute Gasteiger partial charge is 0.464 e. The van der Waals surface area contributed by atoms with Crippen molar-refractivity contribution >= 4 is 40.1 Å². The number of carbonyl (C=O) groups excluding carboxylic acids is 2. The van der Waals surface area contributed by atoms with Gasteiger partial charge in [0.15, 0.2) is 5.69 Å². The summed E-state index contributed by atoms with van der Waals surface area (Å²) in [5, 5.41) is 1.35. The molecular weight excluding hydrogens is 354 g/mol. The summed E-state index contributed by atoms with van der Waals surface area (Å²) in [6, 6.07) is 12.6. The van der Waals surface area contributed by atoms with Crippen molar-refractivity contribution in [2.24, 2.45) is 0 Å². The molecule has 6 nitrogen and oxygen atoms in total. The number of aromatic nitrogens is 2. The summed E-state index contributed by atoms with van der Waals surface area (Å²) >= 11 is 5.96. The fraction of sp³-hybridized carbons (Fsp3) is 0.158. The molecule has 0 fully saturated rings. The van der Waals surface area contributed by atoms with E-state index in [4.69, 9.17) is 16.3 Å². The third kappa shape index (κ3) is 3.65. The first-order chi connectivity index (χ1) is 12.5. The Balaban J connectivity index is 2.00. The molecule has 0 saturated carbocycles. The van der Waals surface area contributed by atoms with Crippen molar-refractivity contribution in [1.29, 1.82) is 0 Å². The van der Waals surface area contributed by atoms with Gasteiger partial charge in [0, 0.05) is 18.5 Å². The van der Waals surface area contributed by atoms with E-state index in [2.05, 4.69) is 9.97 Å². The SMILES string of the molecule is COC(=O)c1ncccc1N(Cc1ccc2ccc(Cl)nc2c1)C(C)=O. The zero-order valence-electron chi connectivity index (χ0n) is 14.3. The fourth-order valence-electron chi connectivity index (χ4n) is 2.65. The third-order valence-corrected chi connectivity index (χ3v) is 4.11. The van der Waals surface area contributed by atoms with Crippen molar-refractivity contribution in [3.63, 3.8) is 0 Å². The van der Waals surface area contributed by atoms with Crippen molar-refractivity contribution < 1.29 is 14.3 Å². The van der Waals surface area contributed by atoms with E-state index >= 15 is 0 Å². The maximum Gasteiger partial charge on any atom is 0.358 e. The Morgan fingerprint density at radius 1 is 1.19 bits per heavy atom. The molecule has 0 aliphatic carbocycles. The van der Waals surface area contributed by atoms with Crippen molar-refractivity contribution in [2.75, 3.05) is 12.0 Å². The highest BCUT2D eigenvalue weighted by atomic mass is 35.5. The van der Waals surface area contributed by atoms with Crippen LogP contribution >= 0.6 is 11.6 Å². The number of esters is 1. The zero-order valence-corrected chi connectivity index (χ0v) is 15.0. The normalized spacial score (nSPS) is 10.6. The molecule has 0 atom stereocenters. The van der Waals surface area contributed by atoms with Crippen LogP contribution in [0.3, 0.4) is 0 Å². The number of ether oxygens (including phenoxy) is 1. The monoisotopic (exact) mass is 369 g/mol. The minimum Gasteiger partial charge on any atom is -0.464 e. The maximum atomic E-state index is 12.2. The first-order valence-electron chi connectivity index (χ1n) is 7.86. The van der Waals surface area contributed by atoms with Gasteiger partial charge in [0.05, 0.1) is 24.9 Å². The van der Waals surface area contributed by atoms with Gasteiger partial charge in [0.2, 0.25) is 5.91 Å². The first-order valence-corrected chi connectivity index (χ1v) is 8.24. The molecule has 0 bridgehead atoms. The molecule has 132 valence electrons. The number of amides is 1. The molecule has 0 spiro atoms. The number of nitrogens with zero attached hydrogens (tertiary/aromatic N) is 3. The number of carbonyl (C=O) groups is 2. The number of pyridine rings is 2. The van der Waals surface area contributed by atoms with E-state index in [1.807, 2.05) is 24.3 Å². The lowest BCUT2D eigenvalue weighted by atomic mass is 10.1. The van der Waals surface area contributed by atoms with Gasteiger partial charge in [0.25, 0.3) is 0 Å². The molecule has 0 radical (unpaired) electrons. The predicted molar refractivity (Wildman–Crippen MR) is 99.2 cm³/mol. The van der Waals surface area contributed by atoms with Crippen molar-refractivity contribution in [3.8, 4) is 0 Å². The van der Waals surface area contributed by atoms with Crippen LogP contribution in [-0.2, 0) is 16.1 Å². The summed E-state index contributed by atoms with van der Waals surface area (Å²) in [5.74, 6) is -0.818. The molecule has 26 heavy (non-hydrogen) atoms. The quantitative estimate of drug-likeness (QED) is 0.518. The highest BCUT2D eigenvalue weighted by Crippen LogP contribution is 2.23. The number of rotatable bonds is 4. The van der Waals surface area contributed by atoms with E-state index in [9.17, 15) is 9.59 Å². The molecule has 3 rings (SSSR count). The third-order valence-electron chi connectivity index (χ3n) is 3.90. The van der Waals surface area contributed by atoms with E-state index in [0.29, 0.717) is 10.8 Å². The molecule has 0 N–H and O–H groups in total. The standard InChI is InChI=1S/C19H16ClN3O3/c1-12(24)23(16-4-3-9-21-18(16)19(25)26-2)11-13-5-6-14-7-8-17(20)22-15(14)10-13/h3-10H,11H2,1-2H3. The molecule has 2 aromatic heterocycles. The summed E-state index contributed by atoms with van der Waals surface area (Å²) < 4.78 is 4.76. The lowest BCUT2D eigenvalue weighted by Crippen LogP contribution is -2.30. The Bertz CT molecular complexity index is 991. The van der Waals surface area contributed by atoms with E-state index < -0.39 is 5.97 Å². The van der Waals surface area contributed by atoms with Crippen LogP contribution in [0.2, 0.25) is 5.15 Å². The molecule has 0 unspecified atom stereocenters. The molecular formula is C19H16ClN3O3. The lowest BCUT2D eigenvalue weighted by Gasteiger charge is -2.23. The number of hydrogen-bond donors (Lipinski definition) is 0. The Hall–Kier alpha value is -2.99. The number of hydrogen-bond acceptors (Lipinski definition) is 5. The topological polar surface area (TPSA) is 72.4 Å². The highest BCUT2D eigenvalue weighted by Gasteiger charge is 2.21. The molecule has 7 heteroatoms. The summed E-state index contributed by atoms with van der Waals surface area (Å²) in [6.07, 6.45) is 1.48. The summed E-state index contributed by atoms with van der Waals surface area (Å²) in [5.41, 5.74) is 2.07. The predicted octanol–water partition coefficient (Wildman–Crippen LogP) is 3.62. The number of methoxy groups -OCH3 is 1. The average molecular weight is 370 g/mol. The van der Waals surface area contributed by atoms with Gasteiger partial charge < -0.3 is 9.64 Å². The maximum absolute atomic E-state index is 12.2. The molecule has 3 aromatic rings. The highest BCUT2D eigenvalue weighted by molar-refractivity contribution is 6.29. The summed E-state index contributed by atoms with van der Waals surface area (Å²) in [6.45, 7) is 1.69. The minimum absolute atomic E-state index is 0.0900. The van der Waals surface area contributed by atoms with E-state index in [1.54, 1.807) is 18.2 Å². The van der Waals surface area contributed by atoms with Crippen LogP contribution in [-0.4, -0.2) is 29.0 Å². The number of fused-ring (bicyclic) bond motifs is 1. The van der Waals surface area contributed by atoms with Crippen molar-refractivity contribution in [3.05, 3.63) is 65.1 Å². The first kappa shape index (κ1) is 17.8. The van der Waals surface area contributed by atoms with Crippen LogP contribution in [0.1, 0.15) is 23.0 Å². The average Bonchev–Trinajstić information content (AvgIpc) is 2.65. The van der Waals surface area contributed by atoms with Crippen LogP contribution in [0.4, 0.5) is 5.69 Å². The molecule has 1 aromatic carbocycles. The molecule has 0 aliphatic rings. The second-order valence-electron chi connectivity index (χ2n) is 5.63. The van der Waals surface area contributed by atoms with Crippen molar-refractivity contribution in [2.45, 2.75) is 13.5 Å². The molecule has 2 heterocycles. The molecule has 1 amide bonds. The minimum atomic E-state index is -0.598. The van der Waals surface area contributed by atoms with Gasteiger partial charge in [-0.1, -0.05) is 23.7 Å². The van der Waals surface area contributed by atoms with Gasteiger partial charge in [-0.05, 0) is 35.9 Å². The Morgan fingerprint density at radius 2 is 1.96 bits per heavy atom. The van der Waals surface area contributed by atoms with Gasteiger partial charge >= 0.3 is 5.97 Å². The van der Waals surface area contributed by atoms with E-state index in [1.165, 1.54) is 25.1 Å². The molecule has 0 saturated heterocycles. The Morgan fingerprint density at radius 3 is 2.69 bits per heavy atom. The number of benzene rings is 1.